The average Bonchev–Trinajstić information content (AvgIpc) is 2.98. The fourth-order valence-electron chi connectivity index (χ4n) is 2.91. The summed E-state index contributed by atoms with van der Waals surface area (Å²) in [6.45, 7) is 4.49. The zero-order valence-corrected chi connectivity index (χ0v) is 14.9. The molecule has 0 saturated carbocycles. The van der Waals surface area contributed by atoms with Gasteiger partial charge in [-0.05, 0) is 50.2 Å². The average molecular weight is 353 g/mol. The first-order chi connectivity index (χ1) is 12.5. The molecule has 2 aromatic carbocycles. The van der Waals surface area contributed by atoms with E-state index in [9.17, 15) is 9.59 Å². The molecule has 6 nitrogen and oxygen atoms in total. The van der Waals surface area contributed by atoms with E-state index in [4.69, 9.17) is 4.74 Å². The molecule has 3 amide bonds. The number of ether oxygens (including phenoxy) is 1. The summed E-state index contributed by atoms with van der Waals surface area (Å²) in [5.74, 6) is 1.52. The highest BCUT2D eigenvalue weighted by molar-refractivity contribution is 5.90. The van der Waals surface area contributed by atoms with E-state index in [1.54, 1.807) is 29.2 Å². The second-order valence-electron chi connectivity index (χ2n) is 6.58. The maximum absolute atomic E-state index is 12.1. The van der Waals surface area contributed by atoms with Gasteiger partial charge in [0.1, 0.15) is 11.5 Å². The zero-order chi connectivity index (χ0) is 18.5. The summed E-state index contributed by atoms with van der Waals surface area (Å²) < 4.78 is 5.72. The Hall–Kier alpha value is -3.02. The molecule has 26 heavy (non-hydrogen) atoms. The molecule has 1 unspecified atom stereocenters. The van der Waals surface area contributed by atoms with Crippen LogP contribution in [0.25, 0.3) is 0 Å². The first-order valence-corrected chi connectivity index (χ1v) is 8.71. The Labute approximate surface area is 153 Å². The van der Waals surface area contributed by atoms with Crippen LogP contribution < -0.4 is 15.4 Å². The van der Waals surface area contributed by atoms with E-state index in [0.717, 1.165) is 5.75 Å². The standard InChI is InChI=1S/C20H23N3O3/c1-14(2)23-13-16(12-19(23)24)22-20(25)21-15-8-10-18(11-9-15)26-17-6-4-3-5-7-17/h3-11,14,16H,12-13H2,1-2H3,(H2,21,22,25). The Morgan fingerprint density at radius 3 is 2.35 bits per heavy atom. The minimum absolute atomic E-state index is 0.0766. The molecule has 0 spiro atoms. The van der Waals surface area contributed by atoms with Crippen LogP contribution >= 0.6 is 0 Å². The van der Waals surface area contributed by atoms with E-state index < -0.39 is 0 Å². The molecule has 2 aromatic rings. The maximum atomic E-state index is 12.1. The van der Waals surface area contributed by atoms with Crippen molar-refractivity contribution < 1.29 is 14.3 Å². The second-order valence-corrected chi connectivity index (χ2v) is 6.58. The zero-order valence-electron chi connectivity index (χ0n) is 14.9. The smallest absolute Gasteiger partial charge is 0.319 e. The lowest BCUT2D eigenvalue weighted by molar-refractivity contribution is -0.129. The molecule has 3 rings (SSSR count). The third kappa shape index (κ3) is 4.53. The molecule has 1 heterocycles. The van der Waals surface area contributed by atoms with Gasteiger partial charge in [-0.15, -0.1) is 0 Å². The number of anilines is 1. The van der Waals surface area contributed by atoms with Crippen molar-refractivity contribution in [3.05, 3.63) is 54.6 Å². The number of carbonyl (C=O) groups is 2. The van der Waals surface area contributed by atoms with Gasteiger partial charge in [-0.2, -0.15) is 0 Å². The van der Waals surface area contributed by atoms with E-state index in [1.165, 1.54) is 0 Å². The topological polar surface area (TPSA) is 70.7 Å². The molecule has 6 heteroatoms. The number of rotatable bonds is 5. The Bertz CT molecular complexity index is 760. The van der Waals surface area contributed by atoms with Gasteiger partial charge < -0.3 is 20.3 Å². The van der Waals surface area contributed by atoms with Gasteiger partial charge in [0.2, 0.25) is 5.91 Å². The van der Waals surface area contributed by atoms with E-state index in [1.807, 2.05) is 44.2 Å². The predicted molar refractivity (Wildman–Crippen MR) is 100 cm³/mol. The fourth-order valence-corrected chi connectivity index (χ4v) is 2.91. The quantitative estimate of drug-likeness (QED) is 0.863. The molecule has 1 aliphatic rings. The lowest BCUT2D eigenvalue weighted by Gasteiger charge is -2.21. The summed E-state index contributed by atoms with van der Waals surface area (Å²) >= 11 is 0. The van der Waals surface area contributed by atoms with Gasteiger partial charge in [-0.3, -0.25) is 4.79 Å². The number of nitrogens with zero attached hydrogens (tertiary/aromatic N) is 1. The number of para-hydroxylation sites is 1. The fraction of sp³-hybridized carbons (Fsp3) is 0.300. The van der Waals surface area contributed by atoms with Crippen molar-refractivity contribution in [2.45, 2.75) is 32.4 Å². The highest BCUT2D eigenvalue weighted by Gasteiger charge is 2.31. The van der Waals surface area contributed by atoms with Crippen molar-refractivity contribution in [3.63, 3.8) is 0 Å². The lowest BCUT2D eigenvalue weighted by Crippen LogP contribution is -2.40. The van der Waals surface area contributed by atoms with Gasteiger partial charge in [-0.1, -0.05) is 18.2 Å². The molecule has 1 saturated heterocycles. The van der Waals surface area contributed by atoms with Crippen molar-refractivity contribution in [2.75, 3.05) is 11.9 Å². The highest BCUT2D eigenvalue weighted by atomic mass is 16.5. The molecule has 1 fully saturated rings. The third-order valence-electron chi connectivity index (χ3n) is 4.21. The van der Waals surface area contributed by atoms with Gasteiger partial charge >= 0.3 is 6.03 Å². The Morgan fingerprint density at radius 1 is 1.08 bits per heavy atom. The monoisotopic (exact) mass is 353 g/mol. The molecule has 0 aliphatic carbocycles. The summed E-state index contributed by atoms with van der Waals surface area (Å²) in [5, 5.41) is 5.64. The number of carbonyl (C=O) groups excluding carboxylic acids is 2. The van der Waals surface area contributed by atoms with Crippen LogP contribution in [0.2, 0.25) is 0 Å². The van der Waals surface area contributed by atoms with Crippen LogP contribution in [-0.2, 0) is 4.79 Å². The summed E-state index contributed by atoms with van der Waals surface area (Å²) in [5.41, 5.74) is 0.660. The van der Waals surface area contributed by atoms with Crippen molar-refractivity contribution in [2.24, 2.45) is 0 Å². The number of likely N-dealkylation sites (tertiary alicyclic amines) is 1. The van der Waals surface area contributed by atoms with Crippen LogP contribution in [0, 0.1) is 0 Å². The highest BCUT2D eigenvalue weighted by Crippen LogP contribution is 2.22. The van der Waals surface area contributed by atoms with Gasteiger partial charge in [0, 0.05) is 24.7 Å². The molecule has 1 aliphatic heterocycles. The number of urea groups is 1. The summed E-state index contributed by atoms with van der Waals surface area (Å²) in [7, 11) is 0. The van der Waals surface area contributed by atoms with Crippen molar-refractivity contribution in [3.8, 4) is 11.5 Å². The van der Waals surface area contributed by atoms with Crippen LogP contribution in [0.15, 0.2) is 54.6 Å². The molecular formula is C20H23N3O3. The Balaban J connectivity index is 1.51. The Kier molecular flexibility index (Phi) is 5.41. The van der Waals surface area contributed by atoms with Crippen LogP contribution in [-0.4, -0.2) is 35.5 Å². The van der Waals surface area contributed by atoms with Crippen LogP contribution in [0.1, 0.15) is 20.3 Å². The predicted octanol–water partition coefficient (Wildman–Crippen LogP) is 3.61. The van der Waals surface area contributed by atoms with E-state index in [2.05, 4.69) is 10.6 Å². The lowest BCUT2D eigenvalue weighted by atomic mass is 10.2. The van der Waals surface area contributed by atoms with Crippen molar-refractivity contribution in [1.29, 1.82) is 0 Å². The Morgan fingerprint density at radius 2 is 1.73 bits per heavy atom. The summed E-state index contributed by atoms with van der Waals surface area (Å²) in [4.78, 5) is 25.8. The van der Waals surface area contributed by atoms with Crippen LogP contribution in [0.3, 0.4) is 0 Å². The summed E-state index contributed by atoms with van der Waals surface area (Å²) in [6.07, 6.45) is 0.343. The molecular weight excluding hydrogens is 330 g/mol. The first-order valence-electron chi connectivity index (χ1n) is 8.71. The molecule has 0 radical (unpaired) electrons. The minimum atomic E-state index is -0.315. The maximum Gasteiger partial charge on any atom is 0.319 e. The van der Waals surface area contributed by atoms with E-state index in [0.29, 0.717) is 24.4 Å². The van der Waals surface area contributed by atoms with Gasteiger partial charge in [0.15, 0.2) is 0 Å². The largest absolute Gasteiger partial charge is 0.457 e. The van der Waals surface area contributed by atoms with Crippen molar-refractivity contribution in [1.82, 2.24) is 10.2 Å². The molecule has 0 bridgehead atoms. The SMILES string of the molecule is CC(C)N1CC(NC(=O)Nc2ccc(Oc3ccccc3)cc2)CC1=O. The van der Waals surface area contributed by atoms with Crippen molar-refractivity contribution >= 4 is 17.6 Å². The van der Waals surface area contributed by atoms with Crippen LogP contribution in [0.5, 0.6) is 11.5 Å². The normalized spacial score (nSPS) is 16.7. The molecule has 2 N–H and O–H groups in total. The third-order valence-corrected chi connectivity index (χ3v) is 4.21. The van der Waals surface area contributed by atoms with Gasteiger partial charge in [-0.25, -0.2) is 4.79 Å². The second kappa shape index (κ2) is 7.91. The number of amides is 3. The minimum Gasteiger partial charge on any atom is -0.457 e. The number of hydrogen-bond acceptors (Lipinski definition) is 3. The van der Waals surface area contributed by atoms with Gasteiger partial charge in [0.05, 0.1) is 6.04 Å². The first kappa shape index (κ1) is 17.8. The van der Waals surface area contributed by atoms with Gasteiger partial charge in [0.25, 0.3) is 0 Å². The number of benzene rings is 2. The molecule has 0 aromatic heterocycles. The molecule has 1 atom stereocenters. The summed E-state index contributed by atoms with van der Waals surface area (Å²) in [6, 6.07) is 16.3. The number of hydrogen-bond donors (Lipinski definition) is 2. The van der Waals surface area contributed by atoms with E-state index in [-0.39, 0.29) is 24.0 Å². The van der Waals surface area contributed by atoms with E-state index >= 15 is 0 Å². The number of nitrogens with one attached hydrogen (secondary N) is 2. The van der Waals surface area contributed by atoms with Crippen LogP contribution in [0.4, 0.5) is 10.5 Å². The molecule has 136 valence electrons.